The van der Waals surface area contributed by atoms with Gasteiger partial charge in [0.15, 0.2) is 0 Å². The van der Waals surface area contributed by atoms with Gasteiger partial charge in [-0.2, -0.15) is 0 Å². The van der Waals surface area contributed by atoms with E-state index in [4.69, 9.17) is 28.8 Å². The molecule has 1 aliphatic carbocycles. The Bertz CT molecular complexity index is 2090. The lowest BCUT2D eigenvalue weighted by Crippen LogP contribution is -2.46. The molecule has 0 spiro atoms. The number of aliphatic carboxylic acids is 1. The van der Waals surface area contributed by atoms with E-state index in [1.54, 1.807) is 33.8 Å². The fraction of sp³-hybridized carbons (Fsp3) is 0.512. The SMILES string of the molecule is CO[C@H]1/C=C/O[C@@]2(C)Oc3c(C)c(O)c4c(c3C2=O)C(=O)C(SCCOC(=O)CCC(=O)O)=C(NC(=O)/C(C)=C\C=C\[C@H](C)[C@H](O)[C@@H](C)[C@@H](O)[C@@H](C)[C@H](OC(C)=O)[C@@H]1C)C4=O. The summed E-state index contributed by atoms with van der Waals surface area (Å²) in [6, 6.07) is 0. The number of aliphatic hydroxyl groups excluding tert-OH is 2. The minimum Gasteiger partial charge on any atom is -0.507 e. The van der Waals surface area contributed by atoms with Crippen molar-refractivity contribution in [2.75, 3.05) is 19.5 Å². The summed E-state index contributed by atoms with van der Waals surface area (Å²) in [5.41, 5.74) is -1.98. The number of hydrogen-bond acceptors (Lipinski definition) is 16. The minimum absolute atomic E-state index is 0.0502. The summed E-state index contributed by atoms with van der Waals surface area (Å²) in [7, 11) is 1.39. The summed E-state index contributed by atoms with van der Waals surface area (Å²) < 4.78 is 28.4. The van der Waals surface area contributed by atoms with Crippen LogP contribution in [-0.4, -0.2) is 111 Å². The van der Waals surface area contributed by atoms with Gasteiger partial charge in [0, 0.05) is 61.5 Å². The lowest BCUT2D eigenvalue weighted by atomic mass is 9.78. The van der Waals surface area contributed by atoms with Crippen LogP contribution < -0.4 is 10.1 Å². The van der Waals surface area contributed by atoms with Crippen LogP contribution in [0.1, 0.15) is 97.9 Å². The van der Waals surface area contributed by atoms with Crippen molar-refractivity contribution in [2.24, 2.45) is 23.7 Å². The highest BCUT2D eigenvalue weighted by atomic mass is 32.2. The van der Waals surface area contributed by atoms with Crippen LogP contribution in [-0.2, 0) is 38.1 Å². The Kier molecular flexibility index (Phi) is 15.9. The summed E-state index contributed by atoms with van der Waals surface area (Å²) in [5.74, 6) is -12.2. The van der Waals surface area contributed by atoms with Gasteiger partial charge in [0.2, 0.25) is 11.6 Å². The fourth-order valence-electron chi connectivity index (χ4n) is 7.38. The molecule has 4 aliphatic rings. The molecule has 332 valence electrons. The first-order valence-electron chi connectivity index (χ1n) is 19.6. The maximum absolute atomic E-state index is 14.5. The molecule has 1 aromatic carbocycles. The first kappa shape index (κ1) is 48.4. The number of benzene rings is 1. The number of carbonyl (C=O) groups excluding carboxylic acids is 6. The molecule has 0 fully saturated rings. The Morgan fingerprint density at radius 1 is 0.918 bits per heavy atom. The number of allylic oxidation sites excluding steroid dienone is 4. The van der Waals surface area contributed by atoms with Crippen LogP contribution in [0.4, 0.5) is 0 Å². The molecule has 1 amide bonds. The Hall–Kier alpha value is -5.30. The van der Waals surface area contributed by atoms with E-state index in [1.165, 1.54) is 53.0 Å². The molecule has 17 nitrogen and oxygen atoms in total. The van der Waals surface area contributed by atoms with Crippen molar-refractivity contribution in [2.45, 2.75) is 98.4 Å². The molecule has 9 atom stereocenters. The standard InChI is InChI=1S/C43H53NO16S/c1-19-11-10-12-20(2)42(55)44-32-36(52)30-29(37(53)40(32)61-18-17-57-28(48)14-13-27(46)47)31-39(24(6)35(30)51)60-43(8,41(31)54)58-16-15-26(56-9)21(3)38(59-25(7)45)23(5)34(50)22(4)33(19)49/h10-12,15-16,19,21-23,26,33-34,38,49-51H,13-14,17-18H2,1-9H3,(H,44,55)(H,46,47)/b11-10+,16-15+,20-12-/t19-,21+,22+,23+,26-,33-,34+,38+,43-/m0/s1. The first-order chi connectivity index (χ1) is 28.6. The molecule has 0 aromatic heterocycles. The van der Waals surface area contributed by atoms with Crippen molar-refractivity contribution < 1.29 is 77.7 Å². The molecule has 3 heterocycles. The van der Waals surface area contributed by atoms with Gasteiger partial charge in [-0.15, -0.1) is 11.8 Å². The number of methoxy groups -OCH3 is 1. The number of fused-ring (bicyclic) bond motifs is 14. The topological polar surface area (TPSA) is 259 Å². The average molecular weight is 872 g/mol. The summed E-state index contributed by atoms with van der Waals surface area (Å²) >= 11 is 0.717. The molecule has 5 rings (SSSR count). The van der Waals surface area contributed by atoms with Crippen molar-refractivity contribution in [3.05, 3.63) is 69.0 Å². The van der Waals surface area contributed by atoms with Gasteiger partial charge in [-0.1, -0.05) is 45.9 Å². The molecule has 5 bridgehead atoms. The number of rotatable bonds is 9. The number of nitrogens with one attached hydrogen (secondary N) is 1. The normalized spacial score (nSPS) is 30.4. The van der Waals surface area contributed by atoms with Crippen LogP contribution >= 0.6 is 11.8 Å². The number of carboxylic acid groups (broad SMARTS) is 1. The van der Waals surface area contributed by atoms with Gasteiger partial charge < -0.3 is 49.4 Å². The van der Waals surface area contributed by atoms with Gasteiger partial charge in [0.1, 0.15) is 29.9 Å². The van der Waals surface area contributed by atoms with E-state index in [0.29, 0.717) is 0 Å². The fourth-order valence-corrected chi connectivity index (χ4v) is 8.27. The van der Waals surface area contributed by atoms with Crippen molar-refractivity contribution >= 4 is 52.9 Å². The minimum atomic E-state index is -2.16. The highest BCUT2D eigenvalue weighted by Crippen LogP contribution is 2.49. The number of carbonyl (C=O) groups is 7. The maximum Gasteiger partial charge on any atom is 0.312 e. The molecule has 0 unspecified atom stereocenters. The second kappa shape index (κ2) is 20.0. The van der Waals surface area contributed by atoms with Crippen molar-refractivity contribution in [1.82, 2.24) is 5.32 Å². The van der Waals surface area contributed by atoms with Crippen LogP contribution in [0.15, 0.2) is 46.7 Å². The maximum atomic E-state index is 14.5. The Morgan fingerprint density at radius 3 is 2.21 bits per heavy atom. The van der Waals surface area contributed by atoms with Crippen LogP contribution in [0, 0.1) is 30.6 Å². The van der Waals surface area contributed by atoms with Crippen LogP contribution in [0.3, 0.4) is 0 Å². The van der Waals surface area contributed by atoms with Crippen LogP contribution in [0.25, 0.3) is 0 Å². The van der Waals surface area contributed by atoms with E-state index >= 15 is 0 Å². The number of amides is 1. The third-order valence-electron chi connectivity index (χ3n) is 11.0. The highest BCUT2D eigenvalue weighted by Gasteiger charge is 2.53. The number of aromatic hydroxyl groups is 1. The zero-order chi connectivity index (χ0) is 45.7. The summed E-state index contributed by atoms with van der Waals surface area (Å²) in [6.07, 6.45) is 2.08. The van der Waals surface area contributed by atoms with E-state index in [9.17, 15) is 48.9 Å². The Balaban J connectivity index is 1.86. The number of Topliss-reactive ketones (excluding diaryl/α,β-unsaturated/α-hetero) is 3. The van der Waals surface area contributed by atoms with Gasteiger partial charge >= 0.3 is 23.7 Å². The molecule has 1 aromatic rings. The number of aliphatic hydroxyl groups is 2. The van der Waals surface area contributed by atoms with Crippen LogP contribution in [0.2, 0.25) is 0 Å². The van der Waals surface area contributed by atoms with Gasteiger partial charge in [-0.05, 0) is 19.9 Å². The second-order valence-corrected chi connectivity index (χ2v) is 16.6. The van der Waals surface area contributed by atoms with Crippen LogP contribution in [0.5, 0.6) is 11.5 Å². The first-order valence-corrected chi connectivity index (χ1v) is 20.6. The number of esters is 2. The number of hydrogen-bond donors (Lipinski definition) is 5. The number of thioether (sulfide) groups is 1. The van der Waals surface area contributed by atoms with Crippen molar-refractivity contribution in [3.8, 4) is 11.5 Å². The number of phenolic OH excluding ortho intramolecular Hbond substituents is 1. The lowest BCUT2D eigenvalue weighted by molar-refractivity contribution is -0.160. The van der Waals surface area contributed by atoms with E-state index < -0.39 is 130 Å². The van der Waals surface area contributed by atoms with Gasteiger partial charge in [-0.3, -0.25) is 33.6 Å². The lowest BCUT2D eigenvalue weighted by Gasteiger charge is -2.38. The van der Waals surface area contributed by atoms with E-state index in [2.05, 4.69) is 5.32 Å². The largest absolute Gasteiger partial charge is 0.507 e. The molecular formula is C43H53NO16S. The molecule has 5 N–H and O–H groups in total. The van der Waals surface area contributed by atoms with E-state index in [1.807, 2.05) is 0 Å². The Morgan fingerprint density at radius 2 is 1.59 bits per heavy atom. The zero-order valence-electron chi connectivity index (χ0n) is 35.4. The van der Waals surface area contributed by atoms with Gasteiger partial charge in [-0.25, -0.2) is 0 Å². The van der Waals surface area contributed by atoms with E-state index in [0.717, 1.165) is 18.0 Å². The molecule has 0 saturated heterocycles. The predicted octanol–water partition coefficient (Wildman–Crippen LogP) is 4.10. The predicted molar refractivity (Wildman–Crippen MR) is 218 cm³/mol. The third kappa shape index (κ3) is 10.4. The summed E-state index contributed by atoms with van der Waals surface area (Å²) in [4.78, 5) is 91.8. The molecule has 61 heavy (non-hydrogen) atoms. The van der Waals surface area contributed by atoms with Gasteiger partial charge in [0.25, 0.3) is 11.7 Å². The number of ether oxygens (including phenoxy) is 5. The van der Waals surface area contributed by atoms with E-state index in [-0.39, 0.29) is 39.7 Å². The molecule has 0 saturated carbocycles. The molecular weight excluding hydrogens is 819 g/mol. The number of ketones is 3. The quantitative estimate of drug-likeness (QED) is 0.173. The molecule has 18 heteroatoms. The zero-order valence-corrected chi connectivity index (χ0v) is 36.2. The smallest absolute Gasteiger partial charge is 0.312 e. The average Bonchev–Trinajstić information content (AvgIpc) is 3.47. The van der Waals surface area contributed by atoms with Gasteiger partial charge in [0.05, 0.1) is 59.0 Å². The molecule has 0 radical (unpaired) electrons. The molecule has 3 aliphatic heterocycles. The van der Waals surface area contributed by atoms with Crippen molar-refractivity contribution in [3.63, 3.8) is 0 Å². The van der Waals surface area contributed by atoms with Crippen molar-refractivity contribution in [1.29, 1.82) is 0 Å². The summed E-state index contributed by atoms with van der Waals surface area (Å²) in [6.45, 7) is 11.7. The second-order valence-electron chi connectivity index (χ2n) is 15.5. The Labute approximate surface area is 357 Å². The monoisotopic (exact) mass is 871 g/mol. The number of carboxylic acids is 1. The highest BCUT2D eigenvalue weighted by molar-refractivity contribution is 8.04. The summed E-state index contributed by atoms with van der Waals surface area (Å²) in [5, 5.41) is 45.6. The number of phenols is 1. The third-order valence-corrected chi connectivity index (χ3v) is 12.1.